The first-order valence-corrected chi connectivity index (χ1v) is 15.9. The number of halogens is 4. The number of pyridine rings is 1. The summed E-state index contributed by atoms with van der Waals surface area (Å²) in [7, 11) is 0. The quantitative estimate of drug-likeness (QED) is 0.295. The molecule has 1 saturated carbocycles. The summed E-state index contributed by atoms with van der Waals surface area (Å²) in [6, 6.07) is 5.58. The number of alkyl halides is 3. The number of carbonyl (C=O) groups excluding carboxylic acids is 2. The molecule has 2 atom stereocenters. The van der Waals surface area contributed by atoms with Crippen LogP contribution in [-0.4, -0.2) is 72.1 Å². The van der Waals surface area contributed by atoms with Crippen molar-refractivity contribution in [3.05, 3.63) is 80.8 Å². The van der Waals surface area contributed by atoms with Crippen molar-refractivity contribution in [2.24, 2.45) is 11.8 Å². The van der Waals surface area contributed by atoms with Gasteiger partial charge in [0.15, 0.2) is 11.5 Å². The zero-order valence-corrected chi connectivity index (χ0v) is 26.4. The van der Waals surface area contributed by atoms with Crippen molar-refractivity contribution in [1.82, 2.24) is 29.0 Å². The smallest absolute Gasteiger partial charge is 0.416 e. The predicted octanol–water partition coefficient (Wildman–Crippen LogP) is 4.25. The molecular formula is C32H30ClF3N8O4. The third kappa shape index (κ3) is 5.76. The van der Waals surface area contributed by atoms with E-state index in [0.29, 0.717) is 35.5 Å². The molecule has 2 fully saturated rings. The van der Waals surface area contributed by atoms with Crippen molar-refractivity contribution in [2.45, 2.75) is 38.9 Å². The van der Waals surface area contributed by atoms with Gasteiger partial charge in [0.2, 0.25) is 11.7 Å². The molecule has 2 unspecified atom stereocenters. The lowest BCUT2D eigenvalue weighted by Gasteiger charge is -2.36. The van der Waals surface area contributed by atoms with Gasteiger partial charge in [0.05, 0.1) is 22.0 Å². The number of benzene rings is 1. The fourth-order valence-corrected chi connectivity index (χ4v) is 6.75. The number of fused-ring (bicyclic) bond motifs is 2. The molecule has 3 aromatic heterocycles. The first-order chi connectivity index (χ1) is 22.9. The highest BCUT2D eigenvalue weighted by Crippen LogP contribution is 2.52. The molecule has 1 aliphatic heterocycles. The van der Waals surface area contributed by atoms with Gasteiger partial charge in [0, 0.05) is 32.4 Å². The van der Waals surface area contributed by atoms with Gasteiger partial charge in [-0.3, -0.25) is 14.4 Å². The highest BCUT2D eigenvalue weighted by Gasteiger charge is 2.42. The zero-order chi connectivity index (χ0) is 33.9. The van der Waals surface area contributed by atoms with Gasteiger partial charge in [-0.1, -0.05) is 24.6 Å². The molecule has 0 radical (unpaired) electrons. The molecular weight excluding hydrogens is 653 g/mol. The molecule has 1 saturated heterocycles. The van der Waals surface area contributed by atoms with Gasteiger partial charge >= 0.3 is 6.18 Å². The summed E-state index contributed by atoms with van der Waals surface area (Å²) in [6.45, 7) is 2.52. The van der Waals surface area contributed by atoms with Crippen molar-refractivity contribution < 1.29 is 27.9 Å². The Labute approximate surface area is 276 Å². The van der Waals surface area contributed by atoms with Crippen molar-refractivity contribution in [2.75, 3.05) is 36.4 Å². The lowest BCUT2D eigenvalue weighted by atomic mass is 10.2. The third-order valence-electron chi connectivity index (χ3n) is 9.07. The predicted molar refractivity (Wildman–Crippen MR) is 170 cm³/mol. The van der Waals surface area contributed by atoms with Crippen LogP contribution in [0.15, 0.2) is 47.4 Å². The first kappa shape index (κ1) is 31.7. The SMILES string of the molecule is CCc1c(N2CCN(C(=O)c3ncccc3O)CC2)c(=O)n2nc(C3=CC4CC4C3)nc2n1CC(=O)Nc1ccc(C(F)(F)F)cc1Cl. The Balaban J connectivity index is 1.22. The van der Waals surface area contributed by atoms with E-state index in [1.165, 1.54) is 22.8 Å². The number of hydrogen-bond donors (Lipinski definition) is 2. The maximum atomic E-state index is 14.1. The second-order valence-electron chi connectivity index (χ2n) is 12.1. The Morgan fingerprint density at radius 2 is 1.92 bits per heavy atom. The number of amides is 2. The third-order valence-corrected chi connectivity index (χ3v) is 9.38. The highest BCUT2D eigenvalue weighted by atomic mass is 35.5. The minimum atomic E-state index is -4.60. The van der Waals surface area contributed by atoms with Crippen molar-refractivity contribution in [1.29, 1.82) is 0 Å². The van der Waals surface area contributed by atoms with E-state index in [-0.39, 0.29) is 60.7 Å². The minimum Gasteiger partial charge on any atom is -0.505 e. The molecule has 4 aromatic rings. The number of nitrogens with zero attached hydrogens (tertiary/aromatic N) is 7. The molecule has 2 amide bonds. The van der Waals surface area contributed by atoms with Crippen molar-refractivity contribution in [3.63, 3.8) is 0 Å². The average Bonchev–Trinajstić information content (AvgIpc) is 3.43. The zero-order valence-electron chi connectivity index (χ0n) is 25.7. The number of aromatic hydroxyl groups is 1. The maximum Gasteiger partial charge on any atom is 0.416 e. The van der Waals surface area contributed by atoms with Crippen LogP contribution in [0.3, 0.4) is 0 Å². The molecule has 2 N–H and O–H groups in total. The highest BCUT2D eigenvalue weighted by molar-refractivity contribution is 6.33. The summed E-state index contributed by atoms with van der Waals surface area (Å²) in [4.78, 5) is 52.8. The summed E-state index contributed by atoms with van der Waals surface area (Å²) >= 11 is 6.11. The number of rotatable bonds is 7. The number of allylic oxidation sites excluding steroid dienone is 2. The summed E-state index contributed by atoms with van der Waals surface area (Å²) < 4.78 is 42.3. The van der Waals surface area contributed by atoms with E-state index in [0.717, 1.165) is 36.6 Å². The van der Waals surface area contributed by atoms with Crippen LogP contribution >= 0.6 is 11.6 Å². The van der Waals surface area contributed by atoms with Crippen LogP contribution < -0.4 is 15.8 Å². The van der Waals surface area contributed by atoms with Gasteiger partial charge in [-0.15, -0.1) is 5.10 Å². The monoisotopic (exact) mass is 682 g/mol. The lowest BCUT2D eigenvalue weighted by molar-refractivity contribution is -0.137. The Kier molecular flexibility index (Phi) is 7.89. The molecule has 250 valence electrons. The van der Waals surface area contributed by atoms with Crippen LogP contribution in [0.4, 0.5) is 24.5 Å². The Morgan fingerprint density at radius 1 is 1.15 bits per heavy atom. The molecule has 1 aromatic carbocycles. The second-order valence-corrected chi connectivity index (χ2v) is 12.5. The maximum absolute atomic E-state index is 14.1. The van der Waals surface area contributed by atoms with E-state index in [2.05, 4.69) is 21.5 Å². The largest absolute Gasteiger partial charge is 0.505 e. The van der Waals surface area contributed by atoms with E-state index in [1.54, 1.807) is 9.47 Å². The fraction of sp³-hybridized carbons (Fsp3) is 0.375. The first-order valence-electron chi connectivity index (χ1n) is 15.5. The molecule has 4 heterocycles. The van der Waals surface area contributed by atoms with E-state index >= 15 is 0 Å². The van der Waals surface area contributed by atoms with Crippen LogP contribution in [-0.2, 0) is 23.9 Å². The van der Waals surface area contributed by atoms with Crippen LogP contribution in [0.5, 0.6) is 5.75 Å². The number of aromatic nitrogens is 5. The Bertz CT molecular complexity index is 2050. The van der Waals surface area contributed by atoms with Gasteiger partial charge in [-0.25, -0.2) is 4.98 Å². The van der Waals surface area contributed by atoms with E-state index in [4.69, 9.17) is 16.6 Å². The number of piperazine rings is 1. The minimum absolute atomic E-state index is 0.00206. The van der Waals surface area contributed by atoms with Gasteiger partial charge in [-0.2, -0.15) is 22.7 Å². The normalized spacial score (nSPS) is 19.0. The van der Waals surface area contributed by atoms with Crippen LogP contribution in [0.1, 0.15) is 47.3 Å². The molecule has 2 aliphatic carbocycles. The van der Waals surface area contributed by atoms with E-state index < -0.39 is 29.1 Å². The molecule has 3 aliphatic rings. The molecule has 48 heavy (non-hydrogen) atoms. The summed E-state index contributed by atoms with van der Waals surface area (Å²) in [5.41, 5.74) is 0.326. The molecule has 12 nitrogen and oxygen atoms in total. The summed E-state index contributed by atoms with van der Waals surface area (Å²) in [5, 5.41) is 17.0. The molecule has 0 bridgehead atoms. The fourth-order valence-electron chi connectivity index (χ4n) is 6.52. The van der Waals surface area contributed by atoms with Gasteiger partial charge < -0.3 is 24.8 Å². The van der Waals surface area contributed by atoms with Gasteiger partial charge in [-0.05, 0) is 67.0 Å². The topological polar surface area (TPSA) is 138 Å². The van der Waals surface area contributed by atoms with Crippen LogP contribution in [0.2, 0.25) is 5.02 Å². The van der Waals surface area contributed by atoms with E-state index in [1.807, 2.05) is 11.8 Å². The summed E-state index contributed by atoms with van der Waals surface area (Å²) in [6.07, 6.45) is 1.20. The number of hydrogen-bond acceptors (Lipinski definition) is 8. The van der Waals surface area contributed by atoms with Crippen LogP contribution in [0.25, 0.3) is 11.4 Å². The van der Waals surface area contributed by atoms with Gasteiger partial charge in [0.25, 0.3) is 11.5 Å². The number of carbonyl (C=O) groups is 2. The van der Waals surface area contributed by atoms with E-state index in [9.17, 15) is 32.7 Å². The second kappa shape index (κ2) is 12.0. The molecule has 7 rings (SSSR count). The number of nitrogens with one attached hydrogen (secondary N) is 1. The Morgan fingerprint density at radius 3 is 2.56 bits per heavy atom. The van der Waals surface area contributed by atoms with Crippen LogP contribution in [0, 0.1) is 11.8 Å². The van der Waals surface area contributed by atoms with Crippen molar-refractivity contribution in [3.8, 4) is 5.75 Å². The lowest BCUT2D eigenvalue weighted by Crippen LogP contribution is -2.51. The van der Waals surface area contributed by atoms with Crippen molar-refractivity contribution >= 4 is 46.1 Å². The summed E-state index contributed by atoms with van der Waals surface area (Å²) in [5.74, 6) is 0.350. The molecule has 0 spiro atoms. The molecule has 16 heteroatoms. The van der Waals surface area contributed by atoms with Gasteiger partial charge in [0.1, 0.15) is 18.0 Å². The average molecular weight is 683 g/mol. The Hall–Kier alpha value is -4.92. The number of anilines is 2. The standard InChI is InChI=1S/C32H30ClF3N8O4/c1-2-23-27(41-8-10-42(11-9-41)29(47)26-24(45)4-3-7-37-26)30(48)44-31(39-28(40-44)19-13-17-12-18(17)14-19)43(23)16-25(46)38-22-6-5-20(15-21(22)33)32(34,35)36/h3-7,13,15,17-18,45H,2,8-12,14,16H2,1H3,(H,38,46).